The summed E-state index contributed by atoms with van der Waals surface area (Å²) in [5.41, 5.74) is 5.44. The van der Waals surface area contributed by atoms with E-state index in [1.165, 1.54) is 13.0 Å². The van der Waals surface area contributed by atoms with Crippen LogP contribution in [-0.4, -0.2) is 51.4 Å². The number of carbonyl (C=O) groups excluding carboxylic acids is 4. The molecule has 2 aliphatic rings. The van der Waals surface area contributed by atoms with E-state index in [0.717, 1.165) is 11.3 Å². The number of fused-ring (bicyclic) bond motifs is 1. The lowest BCUT2D eigenvalue weighted by atomic mass is 10.2. The predicted octanol–water partition coefficient (Wildman–Crippen LogP) is 1.17. The highest BCUT2D eigenvalue weighted by atomic mass is 32.2. The standard InChI is InChI=1S/C16H19N3O5S2/c1-8(13(22)18-14-9(12(17)21)4-6-25-14)24-15(23)10-7-26-16(2)5-3-11(20)19(10)16/h4,6,8,10H,3,5,7H2,1-2H3,(H2,17,21)(H,18,22)/t8-,10+,16+/m1/s1. The molecule has 0 aliphatic carbocycles. The molecule has 0 saturated carbocycles. The van der Waals surface area contributed by atoms with E-state index in [9.17, 15) is 19.2 Å². The second-order valence-electron chi connectivity index (χ2n) is 6.36. The number of nitrogens with two attached hydrogens (primary N) is 1. The molecule has 0 aromatic carbocycles. The molecule has 10 heteroatoms. The molecular weight excluding hydrogens is 378 g/mol. The van der Waals surface area contributed by atoms with E-state index < -0.39 is 29.9 Å². The highest BCUT2D eigenvalue weighted by Crippen LogP contribution is 2.47. The van der Waals surface area contributed by atoms with Crippen molar-refractivity contribution in [3.05, 3.63) is 17.0 Å². The Morgan fingerprint density at radius 1 is 1.46 bits per heavy atom. The van der Waals surface area contributed by atoms with Crippen molar-refractivity contribution in [3.63, 3.8) is 0 Å². The first-order valence-electron chi connectivity index (χ1n) is 8.08. The van der Waals surface area contributed by atoms with Crippen LogP contribution in [0.2, 0.25) is 0 Å². The molecule has 8 nitrogen and oxygen atoms in total. The number of primary amides is 1. The monoisotopic (exact) mass is 397 g/mol. The molecule has 26 heavy (non-hydrogen) atoms. The number of amides is 3. The molecule has 0 unspecified atom stereocenters. The van der Waals surface area contributed by atoms with Gasteiger partial charge in [0.15, 0.2) is 6.10 Å². The van der Waals surface area contributed by atoms with Gasteiger partial charge in [0, 0.05) is 12.2 Å². The Morgan fingerprint density at radius 2 is 2.19 bits per heavy atom. The Hall–Kier alpha value is -2.07. The summed E-state index contributed by atoms with van der Waals surface area (Å²) in [7, 11) is 0. The summed E-state index contributed by atoms with van der Waals surface area (Å²) in [4.78, 5) is 49.4. The maximum atomic E-state index is 12.5. The minimum atomic E-state index is -1.07. The van der Waals surface area contributed by atoms with E-state index in [1.807, 2.05) is 6.92 Å². The van der Waals surface area contributed by atoms with Gasteiger partial charge in [0.25, 0.3) is 11.8 Å². The molecule has 3 amide bonds. The number of nitrogens with one attached hydrogen (secondary N) is 1. The SMILES string of the molecule is C[C@@H](OC(=O)[C@@H]1CS[C@@]2(C)CCC(=O)N12)C(=O)Nc1sccc1C(N)=O. The van der Waals surface area contributed by atoms with Gasteiger partial charge < -0.3 is 20.7 Å². The number of esters is 1. The van der Waals surface area contributed by atoms with Crippen LogP contribution < -0.4 is 11.1 Å². The van der Waals surface area contributed by atoms with Gasteiger partial charge in [-0.1, -0.05) is 0 Å². The molecule has 1 aromatic heterocycles. The molecule has 3 N–H and O–H groups in total. The zero-order chi connectivity index (χ0) is 19.1. The van der Waals surface area contributed by atoms with Crippen LogP contribution in [0.3, 0.4) is 0 Å². The Labute approximate surface area is 158 Å². The fraction of sp³-hybridized carbons (Fsp3) is 0.500. The summed E-state index contributed by atoms with van der Waals surface area (Å²) < 4.78 is 5.28. The summed E-state index contributed by atoms with van der Waals surface area (Å²) >= 11 is 2.70. The van der Waals surface area contributed by atoms with E-state index >= 15 is 0 Å². The van der Waals surface area contributed by atoms with Gasteiger partial charge in [-0.2, -0.15) is 0 Å². The van der Waals surface area contributed by atoms with Crippen molar-refractivity contribution in [3.8, 4) is 0 Å². The number of anilines is 1. The van der Waals surface area contributed by atoms with Crippen LogP contribution in [-0.2, 0) is 19.1 Å². The third-order valence-electron chi connectivity index (χ3n) is 4.55. The van der Waals surface area contributed by atoms with Gasteiger partial charge in [0.05, 0.1) is 10.4 Å². The van der Waals surface area contributed by atoms with Gasteiger partial charge in [-0.05, 0) is 31.7 Å². The number of thioether (sulfide) groups is 1. The van der Waals surface area contributed by atoms with Crippen molar-refractivity contribution < 1.29 is 23.9 Å². The van der Waals surface area contributed by atoms with Crippen LogP contribution in [0.15, 0.2) is 11.4 Å². The summed E-state index contributed by atoms with van der Waals surface area (Å²) in [5.74, 6) is -1.43. The molecule has 3 heterocycles. The minimum Gasteiger partial charge on any atom is -0.451 e. The zero-order valence-electron chi connectivity index (χ0n) is 14.3. The molecule has 0 bridgehead atoms. The van der Waals surface area contributed by atoms with E-state index in [1.54, 1.807) is 22.0 Å². The van der Waals surface area contributed by atoms with Crippen LogP contribution in [0.25, 0.3) is 0 Å². The van der Waals surface area contributed by atoms with Crippen LogP contribution in [0.1, 0.15) is 37.0 Å². The van der Waals surface area contributed by atoms with Gasteiger partial charge >= 0.3 is 5.97 Å². The molecule has 1 aromatic rings. The summed E-state index contributed by atoms with van der Waals surface area (Å²) in [6, 6.07) is 0.827. The Balaban J connectivity index is 1.62. The van der Waals surface area contributed by atoms with Crippen LogP contribution in [0.4, 0.5) is 5.00 Å². The number of thiophene rings is 1. The Morgan fingerprint density at radius 3 is 2.88 bits per heavy atom. The van der Waals surface area contributed by atoms with Gasteiger partial charge in [-0.3, -0.25) is 14.4 Å². The normalized spacial score (nSPS) is 25.7. The molecular formula is C16H19N3O5S2. The number of hydrogen-bond donors (Lipinski definition) is 2. The highest BCUT2D eigenvalue weighted by molar-refractivity contribution is 8.01. The largest absolute Gasteiger partial charge is 0.451 e. The van der Waals surface area contributed by atoms with Crippen molar-refractivity contribution in [2.75, 3.05) is 11.1 Å². The molecule has 140 valence electrons. The van der Waals surface area contributed by atoms with Gasteiger partial charge in [0.1, 0.15) is 11.0 Å². The highest BCUT2D eigenvalue weighted by Gasteiger charge is 2.53. The van der Waals surface area contributed by atoms with E-state index in [2.05, 4.69) is 5.32 Å². The maximum Gasteiger partial charge on any atom is 0.330 e. The second-order valence-corrected chi connectivity index (χ2v) is 8.78. The van der Waals surface area contributed by atoms with Crippen molar-refractivity contribution in [1.29, 1.82) is 0 Å². The third-order valence-corrected chi connectivity index (χ3v) is 6.88. The number of rotatable bonds is 5. The maximum absolute atomic E-state index is 12.5. The lowest BCUT2D eigenvalue weighted by molar-refractivity contribution is -0.160. The first-order valence-corrected chi connectivity index (χ1v) is 9.94. The first kappa shape index (κ1) is 18.7. The lowest BCUT2D eigenvalue weighted by Crippen LogP contribution is -2.48. The summed E-state index contributed by atoms with van der Waals surface area (Å²) in [6.07, 6.45) is 0.0437. The molecule has 3 atom stereocenters. The zero-order valence-corrected chi connectivity index (χ0v) is 15.9. The third kappa shape index (κ3) is 3.30. The smallest absolute Gasteiger partial charge is 0.330 e. The van der Waals surface area contributed by atoms with Crippen molar-refractivity contribution in [1.82, 2.24) is 4.90 Å². The average Bonchev–Trinajstić information content (AvgIpc) is 3.23. The average molecular weight is 397 g/mol. The van der Waals surface area contributed by atoms with Crippen molar-refractivity contribution in [2.24, 2.45) is 5.73 Å². The molecule has 0 radical (unpaired) electrons. The van der Waals surface area contributed by atoms with E-state index in [-0.39, 0.29) is 16.3 Å². The minimum absolute atomic E-state index is 0.0683. The fourth-order valence-corrected chi connectivity index (χ4v) is 5.33. The molecule has 2 aliphatic heterocycles. The predicted molar refractivity (Wildman–Crippen MR) is 97.8 cm³/mol. The second kappa shape index (κ2) is 6.92. The summed E-state index contributed by atoms with van der Waals surface area (Å²) in [5, 5.41) is 4.48. The molecule has 3 rings (SSSR count). The van der Waals surface area contributed by atoms with E-state index in [4.69, 9.17) is 10.5 Å². The Bertz CT molecular complexity index is 780. The van der Waals surface area contributed by atoms with Crippen LogP contribution in [0.5, 0.6) is 0 Å². The Kier molecular flexibility index (Phi) is 4.98. The number of nitrogens with zero attached hydrogens (tertiary/aromatic N) is 1. The van der Waals surface area contributed by atoms with Gasteiger partial charge in [-0.25, -0.2) is 4.79 Å². The van der Waals surface area contributed by atoms with Crippen molar-refractivity contribution in [2.45, 2.75) is 43.7 Å². The lowest BCUT2D eigenvalue weighted by Gasteiger charge is -2.29. The number of ether oxygens (including phenoxy) is 1. The summed E-state index contributed by atoms with van der Waals surface area (Å²) in [6.45, 7) is 3.38. The van der Waals surface area contributed by atoms with Gasteiger partial charge in [0.2, 0.25) is 5.91 Å². The molecule has 2 fully saturated rings. The fourth-order valence-electron chi connectivity index (χ4n) is 3.12. The van der Waals surface area contributed by atoms with E-state index in [0.29, 0.717) is 23.6 Å². The van der Waals surface area contributed by atoms with Crippen molar-refractivity contribution >= 4 is 51.8 Å². The topological polar surface area (TPSA) is 119 Å². The van der Waals surface area contributed by atoms with Crippen LogP contribution >= 0.6 is 23.1 Å². The number of hydrogen-bond acceptors (Lipinski definition) is 7. The van der Waals surface area contributed by atoms with Gasteiger partial charge in [-0.15, -0.1) is 23.1 Å². The first-order chi connectivity index (χ1) is 12.2. The quantitative estimate of drug-likeness (QED) is 0.720. The number of carbonyl (C=O) groups is 4. The molecule has 2 saturated heterocycles. The molecule has 0 spiro atoms. The van der Waals surface area contributed by atoms with Crippen LogP contribution in [0, 0.1) is 0 Å².